The van der Waals surface area contributed by atoms with Gasteiger partial charge in [-0.05, 0) is 60.0 Å². The molecule has 5 heteroatoms. The van der Waals surface area contributed by atoms with Crippen LogP contribution in [0.15, 0.2) is 35.5 Å². The Morgan fingerprint density at radius 1 is 1.14 bits per heavy atom. The third-order valence-electron chi connectivity index (χ3n) is 11.3. The van der Waals surface area contributed by atoms with Gasteiger partial charge >= 0.3 is 5.97 Å². The summed E-state index contributed by atoms with van der Waals surface area (Å²) in [7, 11) is 0. The van der Waals surface area contributed by atoms with Crippen molar-refractivity contribution in [1.82, 2.24) is 0 Å². The monoisotopic (exact) mass is 498 g/mol. The van der Waals surface area contributed by atoms with Crippen LogP contribution in [0.4, 0.5) is 0 Å². The Bertz CT molecular complexity index is 1030. The van der Waals surface area contributed by atoms with E-state index in [1.54, 1.807) is 0 Å². The highest BCUT2D eigenvalue weighted by Crippen LogP contribution is 2.71. The maximum atomic E-state index is 12.8. The fourth-order valence-electron chi connectivity index (χ4n) is 8.88. The molecule has 0 aromatic rings. The Morgan fingerprint density at radius 2 is 1.78 bits per heavy atom. The van der Waals surface area contributed by atoms with Gasteiger partial charge in [0.1, 0.15) is 5.78 Å². The van der Waals surface area contributed by atoms with Crippen molar-refractivity contribution in [3.8, 4) is 0 Å². The lowest BCUT2D eigenvalue weighted by molar-refractivity contribution is -0.148. The molecule has 0 aromatic carbocycles. The van der Waals surface area contributed by atoms with Gasteiger partial charge in [0.15, 0.2) is 0 Å². The van der Waals surface area contributed by atoms with Crippen LogP contribution in [0.2, 0.25) is 0 Å². The quantitative estimate of drug-likeness (QED) is 0.408. The van der Waals surface area contributed by atoms with Gasteiger partial charge in [0.05, 0.1) is 18.1 Å². The molecule has 5 nitrogen and oxygen atoms in total. The first-order valence-electron chi connectivity index (χ1n) is 13.8. The van der Waals surface area contributed by atoms with Crippen LogP contribution in [-0.4, -0.2) is 39.3 Å². The van der Waals surface area contributed by atoms with E-state index < -0.39 is 46.3 Å². The third-order valence-corrected chi connectivity index (χ3v) is 11.3. The maximum absolute atomic E-state index is 12.8. The number of carbonyl (C=O) groups excluding carboxylic acids is 1. The number of carbonyl (C=O) groups is 2. The van der Waals surface area contributed by atoms with Crippen molar-refractivity contribution in [2.45, 2.75) is 99.2 Å². The minimum Gasteiger partial charge on any atom is -0.481 e. The Balaban J connectivity index is 1.77. The lowest BCUT2D eigenvalue weighted by atomic mass is 9.43. The Kier molecular flexibility index (Phi) is 6.57. The van der Waals surface area contributed by atoms with Crippen molar-refractivity contribution in [2.24, 2.45) is 45.3 Å². The highest BCUT2D eigenvalue weighted by Gasteiger charge is 2.67. The zero-order valence-corrected chi connectivity index (χ0v) is 23.2. The summed E-state index contributed by atoms with van der Waals surface area (Å²) in [6.45, 7) is 18.7. The van der Waals surface area contributed by atoms with Crippen LogP contribution in [0.5, 0.6) is 0 Å². The highest BCUT2D eigenvalue weighted by molar-refractivity contribution is 5.86. The maximum Gasteiger partial charge on any atom is 0.306 e. The number of fused-ring (bicyclic) bond motifs is 5. The lowest BCUT2D eigenvalue weighted by Gasteiger charge is -2.60. The standard InChI is InChI=1S/C31H46O5/c1-17(2)18(3)9-10-19(27(35)36)25-23(33)16-31(8)21-15-22(32)26-28(4,5)24(34)12-13-29(26,6)20(21)11-14-30(25,31)7/h11,15,17,19,22-23,25-26,32-33H,3,9-10,12-14,16H2,1-2,4-8H3,(H,35,36)/t19-,22+,23-,25+,26-,29-,30-,31+/m1/s1. The van der Waals surface area contributed by atoms with Crippen molar-refractivity contribution < 1.29 is 24.9 Å². The molecule has 2 fully saturated rings. The zero-order chi connectivity index (χ0) is 27.0. The summed E-state index contributed by atoms with van der Waals surface area (Å²) in [6.07, 6.45) is 6.16. The number of hydrogen-bond donors (Lipinski definition) is 3. The minimum atomic E-state index is -0.854. The molecule has 0 saturated heterocycles. The second-order valence-electron chi connectivity index (χ2n) is 13.8. The first kappa shape index (κ1) is 27.3. The summed E-state index contributed by atoms with van der Waals surface area (Å²) < 4.78 is 0. The summed E-state index contributed by atoms with van der Waals surface area (Å²) in [4.78, 5) is 25.4. The van der Waals surface area contributed by atoms with Crippen LogP contribution in [-0.2, 0) is 9.59 Å². The molecule has 4 aliphatic carbocycles. The summed E-state index contributed by atoms with van der Waals surface area (Å²) in [6, 6.07) is 0. The van der Waals surface area contributed by atoms with Crippen LogP contribution in [0.3, 0.4) is 0 Å². The van der Waals surface area contributed by atoms with Crippen LogP contribution in [0.1, 0.15) is 87.0 Å². The van der Waals surface area contributed by atoms with Gasteiger partial charge in [-0.2, -0.15) is 0 Å². The van der Waals surface area contributed by atoms with Gasteiger partial charge in [0.2, 0.25) is 0 Å². The molecule has 0 spiro atoms. The lowest BCUT2D eigenvalue weighted by Crippen LogP contribution is -2.57. The fraction of sp³-hybridized carbons (Fsp3) is 0.742. The molecule has 200 valence electrons. The summed E-state index contributed by atoms with van der Waals surface area (Å²) in [5.41, 5.74) is 1.41. The molecule has 0 heterocycles. The predicted octanol–water partition coefficient (Wildman–Crippen LogP) is 5.72. The molecule has 0 amide bonds. The molecule has 3 N–H and O–H groups in total. The van der Waals surface area contributed by atoms with Crippen molar-refractivity contribution in [3.05, 3.63) is 35.5 Å². The molecule has 0 aliphatic heterocycles. The number of rotatable bonds is 6. The molecular weight excluding hydrogens is 452 g/mol. The highest BCUT2D eigenvalue weighted by atomic mass is 16.4. The Labute approximate surface area is 216 Å². The predicted molar refractivity (Wildman–Crippen MR) is 141 cm³/mol. The fourth-order valence-corrected chi connectivity index (χ4v) is 8.88. The molecule has 0 unspecified atom stereocenters. The number of ketones is 1. The number of aliphatic hydroxyl groups excluding tert-OH is 2. The molecule has 0 radical (unpaired) electrons. The second-order valence-corrected chi connectivity index (χ2v) is 13.8. The van der Waals surface area contributed by atoms with E-state index in [0.29, 0.717) is 44.4 Å². The van der Waals surface area contributed by atoms with Gasteiger partial charge < -0.3 is 15.3 Å². The van der Waals surface area contributed by atoms with Crippen LogP contribution < -0.4 is 0 Å². The van der Waals surface area contributed by atoms with Gasteiger partial charge in [-0.3, -0.25) is 9.59 Å². The van der Waals surface area contributed by atoms with E-state index in [-0.39, 0.29) is 17.1 Å². The Morgan fingerprint density at radius 3 is 2.36 bits per heavy atom. The number of carboxylic acid groups (broad SMARTS) is 1. The smallest absolute Gasteiger partial charge is 0.306 e. The first-order valence-corrected chi connectivity index (χ1v) is 13.8. The van der Waals surface area contributed by atoms with Crippen LogP contribution in [0, 0.1) is 45.3 Å². The van der Waals surface area contributed by atoms with E-state index in [0.717, 1.165) is 11.1 Å². The van der Waals surface area contributed by atoms with Gasteiger partial charge in [0, 0.05) is 29.1 Å². The molecule has 0 aromatic heterocycles. The molecule has 2 saturated carbocycles. The Hall–Kier alpha value is -1.72. The van der Waals surface area contributed by atoms with Crippen molar-refractivity contribution in [2.75, 3.05) is 0 Å². The van der Waals surface area contributed by atoms with Crippen molar-refractivity contribution >= 4 is 11.8 Å². The largest absolute Gasteiger partial charge is 0.481 e. The molecule has 0 bridgehead atoms. The van der Waals surface area contributed by atoms with E-state index in [1.807, 2.05) is 19.9 Å². The number of aliphatic hydroxyl groups is 2. The average Bonchev–Trinajstić information content (AvgIpc) is 2.97. The van der Waals surface area contributed by atoms with Gasteiger partial charge in [-0.25, -0.2) is 0 Å². The zero-order valence-electron chi connectivity index (χ0n) is 23.2. The summed E-state index contributed by atoms with van der Waals surface area (Å²) in [5.74, 6) is -1.62. The van der Waals surface area contributed by atoms with Crippen LogP contribution >= 0.6 is 0 Å². The van der Waals surface area contributed by atoms with E-state index in [4.69, 9.17) is 0 Å². The third kappa shape index (κ3) is 3.63. The van der Waals surface area contributed by atoms with E-state index in [2.05, 4.69) is 47.3 Å². The SMILES string of the molecule is C=C(CC[C@@H](C(=O)O)[C@H]1[C@H](O)C[C@@]2(C)C3=C[C@H](O)[C@@H]4C(C)(C)C(=O)CC[C@]4(C)C3=CC[C@]12C)C(C)C. The molecule has 8 atom stereocenters. The summed E-state index contributed by atoms with van der Waals surface area (Å²) >= 11 is 0. The van der Waals surface area contributed by atoms with Gasteiger partial charge in [0.25, 0.3) is 0 Å². The average molecular weight is 499 g/mol. The number of carboxylic acids is 1. The molecular formula is C31H46O5. The van der Waals surface area contributed by atoms with E-state index in [9.17, 15) is 24.9 Å². The van der Waals surface area contributed by atoms with E-state index in [1.165, 1.54) is 5.57 Å². The minimum absolute atomic E-state index is 0.204. The topological polar surface area (TPSA) is 94.8 Å². The van der Waals surface area contributed by atoms with Crippen LogP contribution in [0.25, 0.3) is 0 Å². The van der Waals surface area contributed by atoms with E-state index >= 15 is 0 Å². The van der Waals surface area contributed by atoms with Crippen molar-refractivity contribution in [3.63, 3.8) is 0 Å². The van der Waals surface area contributed by atoms with Crippen molar-refractivity contribution in [1.29, 1.82) is 0 Å². The molecule has 4 rings (SSSR count). The summed E-state index contributed by atoms with van der Waals surface area (Å²) in [5, 5.41) is 33.3. The second kappa shape index (κ2) is 8.66. The number of Topliss-reactive ketones (excluding diaryl/α,β-unsaturated/α-hetero) is 1. The first-order chi connectivity index (χ1) is 16.5. The molecule has 4 aliphatic rings. The number of hydrogen-bond acceptors (Lipinski definition) is 4. The number of aliphatic carboxylic acids is 1. The van der Waals surface area contributed by atoms with Gasteiger partial charge in [-0.15, -0.1) is 0 Å². The molecule has 36 heavy (non-hydrogen) atoms. The number of allylic oxidation sites excluding steroid dienone is 4. The normalized spacial score (nSPS) is 42.1. The van der Waals surface area contributed by atoms with Gasteiger partial charge in [-0.1, -0.05) is 72.8 Å².